The van der Waals surface area contributed by atoms with Gasteiger partial charge in [0, 0.05) is 6.07 Å². The fraction of sp³-hybridized carbons (Fsp3) is 0.214. The van der Waals surface area contributed by atoms with Crippen molar-refractivity contribution >= 4 is 5.69 Å². The van der Waals surface area contributed by atoms with Gasteiger partial charge < -0.3 is 24.7 Å². The largest absolute Gasteiger partial charge is 0.493 e. The monoisotopic (exact) mass is 276 g/mol. The lowest BCUT2D eigenvalue weighted by atomic mass is 10.3. The Balaban J connectivity index is 2.43. The summed E-state index contributed by atoms with van der Waals surface area (Å²) in [5.74, 6) is 2.09. The van der Waals surface area contributed by atoms with Crippen LogP contribution in [0, 0.1) is 0 Å². The molecule has 0 aliphatic heterocycles. The Morgan fingerprint density at radius 1 is 0.900 bits per heavy atom. The van der Waals surface area contributed by atoms with Crippen LogP contribution in [-0.2, 0) is 0 Å². The zero-order chi connectivity index (χ0) is 14.5. The third kappa shape index (κ3) is 2.69. The molecule has 0 aliphatic rings. The number of nitrogens with zero attached hydrogens (tertiary/aromatic N) is 1. The summed E-state index contributed by atoms with van der Waals surface area (Å²) in [6, 6.07) is 8.63. The van der Waals surface area contributed by atoms with Crippen LogP contribution in [0.2, 0.25) is 0 Å². The van der Waals surface area contributed by atoms with Crippen molar-refractivity contribution < 1.29 is 18.9 Å². The van der Waals surface area contributed by atoms with E-state index in [1.807, 2.05) is 0 Å². The van der Waals surface area contributed by atoms with Gasteiger partial charge in [0.15, 0.2) is 11.5 Å². The van der Waals surface area contributed by atoms with Crippen molar-refractivity contribution in [2.75, 3.05) is 27.1 Å². The van der Waals surface area contributed by atoms with Crippen LogP contribution in [-0.4, -0.2) is 26.3 Å². The molecule has 6 heteroatoms. The molecule has 0 saturated carbocycles. The molecule has 0 atom stereocenters. The van der Waals surface area contributed by atoms with E-state index in [9.17, 15) is 0 Å². The number of aromatic nitrogens is 1. The van der Waals surface area contributed by atoms with Crippen LogP contribution in [0.1, 0.15) is 0 Å². The third-order valence-electron chi connectivity index (χ3n) is 2.65. The molecule has 0 fully saturated rings. The molecule has 0 aliphatic carbocycles. The summed E-state index contributed by atoms with van der Waals surface area (Å²) in [7, 11) is 4.61. The van der Waals surface area contributed by atoms with Gasteiger partial charge in [0.25, 0.3) is 0 Å². The summed E-state index contributed by atoms with van der Waals surface area (Å²) in [5.41, 5.74) is 6.24. The van der Waals surface area contributed by atoms with E-state index in [0.717, 1.165) is 0 Å². The number of anilines is 1. The predicted octanol–water partition coefficient (Wildman–Crippen LogP) is 2.48. The van der Waals surface area contributed by atoms with Crippen LogP contribution in [0.5, 0.6) is 29.0 Å². The first-order chi connectivity index (χ1) is 9.69. The summed E-state index contributed by atoms with van der Waals surface area (Å²) in [4.78, 5) is 4.16. The van der Waals surface area contributed by atoms with Crippen molar-refractivity contribution in [1.82, 2.24) is 4.98 Å². The molecular formula is C14H16N2O4. The smallest absolute Gasteiger partial charge is 0.246 e. The van der Waals surface area contributed by atoms with Crippen molar-refractivity contribution in [1.29, 1.82) is 0 Å². The minimum absolute atomic E-state index is 0.229. The second-order valence-corrected chi connectivity index (χ2v) is 3.84. The number of nitrogen functional groups attached to an aromatic ring is 1. The summed E-state index contributed by atoms with van der Waals surface area (Å²) in [6.45, 7) is 0. The number of benzene rings is 1. The lowest BCUT2D eigenvalue weighted by molar-refractivity contribution is 0.337. The number of nitrogens with two attached hydrogens (primary N) is 1. The highest BCUT2D eigenvalue weighted by molar-refractivity contribution is 5.56. The van der Waals surface area contributed by atoms with E-state index in [0.29, 0.717) is 28.8 Å². The molecule has 1 heterocycles. The van der Waals surface area contributed by atoms with Gasteiger partial charge in [0.05, 0.1) is 27.0 Å². The molecule has 1 aromatic heterocycles. The molecule has 2 rings (SSSR count). The standard InChI is InChI=1S/C14H16N2O4/c1-17-10-5-4-6-11(18-2)13(10)20-14-9(15)7-8-12(16-14)19-3/h4-8H,15H2,1-3H3. The van der Waals surface area contributed by atoms with E-state index in [2.05, 4.69) is 4.98 Å². The Hall–Kier alpha value is -2.63. The fourth-order valence-electron chi connectivity index (χ4n) is 1.64. The van der Waals surface area contributed by atoms with Gasteiger partial charge in [-0.1, -0.05) is 6.07 Å². The minimum atomic E-state index is 0.229. The van der Waals surface area contributed by atoms with Gasteiger partial charge in [-0.2, -0.15) is 4.98 Å². The average Bonchev–Trinajstić information content (AvgIpc) is 2.49. The molecule has 0 amide bonds. The highest BCUT2D eigenvalue weighted by Crippen LogP contribution is 2.41. The molecule has 0 saturated heterocycles. The van der Waals surface area contributed by atoms with E-state index in [1.54, 1.807) is 44.6 Å². The van der Waals surface area contributed by atoms with Crippen molar-refractivity contribution in [2.45, 2.75) is 0 Å². The maximum Gasteiger partial charge on any atom is 0.246 e. The van der Waals surface area contributed by atoms with E-state index in [4.69, 9.17) is 24.7 Å². The number of hydrogen-bond donors (Lipinski definition) is 1. The van der Waals surface area contributed by atoms with Crippen LogP contribution in [0.15, 0.2) is 30.3 Å². The van der Waals surface area contributed by atoms with Gasteiger partial charge in [-0.25, -0.2) is 0 Å². The first-order valence-corrected chi connectivity index (χ1v) is 5.89. The summed E-state index contributed by atoms with van der Waals surface area (Å²) in [5, 5.41) is 0. The van der Waals surface area contributed by atoms with E-state index >= 15 is 0 Å². The highest BCUT2D eigenvalue weighted by atomic mass is 16.5. The molecule has 6 nitrogen and oxygen atoms in total. The van der Waals surface area contributed by atoms with Crippen LogP contribution >= 0.6 is 0 Å². The molecule has 0 radical (unpaired) electrons. The number of rotatable bonds is 5. The molecule has 20 heavy (non-hydrogen) atoms. The maximum absolute atomic E-state index is 5.85. The summed E-state index contributed by atoms with van der Waals surface area (Å²) >= 11 is 0. The highest BCUT2D eigenvalue weighted by Gasteiger charge is 2.15. The van der Waals surface area contributed by atoms with Gasteiger partial charge in [-0.05, 0) is 18.2 Å². The molecule has 2 aromatic rings. The normalized spacial score (nSPS) is 9.95. The average molecular weight is 276 g/mol. The number of ether oxygens (including phenoxy) is 4. The zero-order valence-electron chi connectivity index (χ0n) is 11.5. The predicted molar refractivity (Wildman–Crippen MR) is 74.8 cm³/mol. The number of pyridine rings is 1. The lowest BCUT2D eigenvalue weighted by Gasteiger charge is -2.14. The molecule has 0 unspecified atom stereocenters. The Kier molecular flexibility index (Phi) is 4.14. The summed E-state index contributed by atoms with van der Waals surface area (Å²) in [6.07, 6.45) is 0. The SMILES string of the molecule is COc1ccc(N)c(Oc2c(OC)cccc2OC)n1. The van der Waals surface area contributed by atoms with Crippen LogP contribution in [0.4, 0.5) is 5.69 Å². The molecule has 0 spiro atoms. The molecular weight excluding hydrogens is 260 g/mol. The Morgan fingerprint density at radius 3 is 2.10 bits per heavy atom. The van der Waals surface area contributed by atoms with E-state index < -0.39 is 0 Å². The lowest BCUT2D eigenvalue weighted by Crippen LogP contribution is -2.00. The molecule has 0 bridgehead atoms. The van der Waals surface area contributed by atoms with Gasteiger partial charge in [0.1, 0.15) is 0 Å². The first-order valence-electron chi connectivity index (χ1n) is 5.89. The molecule has 1 aromatic carbocycles. The van der Waals surface area contributed by atoms with Gasteiger partial charge in [-0.3, -0.25) is 0 Å². The van der Waals surface area contributed by atoms with Crippen LogP contribution in [0.3, 0.4) is 0 Å². The maximum atomic E-state index is 5.85. The molecule has 2 N–H and O–H groups in total. The van der Waals surface area contributed by atoms with Crippen molar-refractivity contribution in [3.63, 3.8) is 0 Å². The van der Waals surface area contributed by atoms with Crippen LogP contribution in [0.25, 0.3) is 0 Å². The second-order valence-electron chi connectivity index (χ2n) is 3.84. The quantitative estimate of drug-likeness (QED) is 0.904. The number of methoxy groups -OCH3 is 3. The van der Waals surface area contributed by atoms with Gasteiger partial charge >= 0.3 is 0 Å². The molecule has 106 valence electrons. The van der Waals surface area contributed by atoms with E-state index in [-0.39, 0.29) is 5.88 Å². The number of hydrogen-bond acceptors (Lipinski definition) is 6. The zero-order valence-corrected chi connectivity index (χ0v) is 11.5. The first kappa shape index (κ1) is 13.8. The third-order valence-corrected chi connectivity index (χ3v) is 2.65. The van der Waals surface area contributed by atoms with Gasteiger partial charge in [-0.15, -0.1) is 0 Å². The minimum Gasteiger partial charge on any atom is -0.493 e. The van der Waals surface area contributed by atoms with E-state index in [1.165, 1.54) is 7.11 Å². The van der Waals surface area contributed by atoms with Crippen LogP contribution < -0.4 is 24.7 Å². The Bertz CT molecular complexity index is 579. The van der Waals surface area contributed by atoms with Crippen molar-refractivity contribution in [2.24, 2.45) is 0 Å². The topological polar surface area (TPSA) is 75.8 Å². The fourth-order valence-corrected chi connectivity index (χ4v) is 1.64. The summed E-state index contributed by atoms with van der Waals surface area (Å²) < 4.78 is 21.3. The Labute approximate surface area is 117 Å². The van der Waals surface area contributed by atoms with Crippen molar-refractivity contribution in [3.8, 4) is 29.0 Å². The number of para-hydroxylation sites is 1. The van der Waals surface area contributed by atoms with Crippen molar-refractivity contribution in [3.05, 3.63) is 30.3 Å². The Morgan fingerprint density at radius 2 is 1.55 bits per heavy atom. The van der Waals surface area contributed by atoms with Gasteiger partial charge in [0.2, 0.25) is 17.5 Å². The second kappa shape index (κ2) is 6.01.